The minimum Gasteiger partial charge on any atom is -0.378 e. The Balaban J connectivity index is 1.68. The van der Waals surface area contributed by atoms with Crippen LogP contribution in [-0.4, -0.2) is 21.2 Å². The van der Waals surface area contributed by atoms with Gasteiger partial charge in [0.25, 0.3) is 5.91 Å². The van der Waals surface area contributed by atoms with Crippen molar-refractivity contribution >= 4 is 33.4 Å². The zero-order chi connectivity index (χ0) is 24.0. The third-order valence-electron chi connectivity index (χ3n) is 5.39. The van der Waals surface area contributed by atoms with Crippen LogP contribution >= 0.6 is 0 Å². The Labute approximate surface area is 185 Å². The van der Waals surface area contributed by atoms with Crippen molar-refractivity contribution in [2.75, 3.05) is 5.32 Å². The summed E-state index contributed by atoms with van der Waals surface area (Å²) in [5.74, 6) is -1.37. The molecule has 4 aromatic rings. The maximum Gasteiger partial charge on any atom is 0.417 e. The summed E-state index contributed by atoms with van der Waals surface area (Å²) in [7, 11) is 0. The van der Waals surface area contributed by atoms with Crippen LogP contribution in [0.2, 0.25) is 0 Å². The van der Waals surface area contributed by atoms with Crippen LogP contribution in [0.25, 0.3) is 21.8 Å². The zero-order valence-corrected chi connectivity index (χ0v) is 17.2. The number of hydrogen-bond acceptors (Lipinski definition) is 3. The number of anilines is 1. The third kappa shape index (κ3) is 4.13. The summed E-state index contributed by atoms with van der Waals surface area (Å²) in [5, 5.41) is 23.5. The lowest BCUT2D eigenvalue weighted by Gasteiger charge is -2.24. The zero-order valence-electron chi connectivity index (χ0n) is 17.2. The molecule has 0 bridgehead atoms. The number of aromatic nitrogens is 1. The Bertz CT molecular complexity index is 1430. The number of amides is 1. The van der Waals surface area contributed by atoms with Gasteiger partial charge >= 0.3 is 6.18 Å². The fourth-order valence-electron chi connectivity index (χ4n) is 3.80. The molecule has 1 aromatic heterocycles. The van der Waals surface area contributed by atoms with Gasteiger partial charge in [-0.25, -0.2) is 4.39 Å². The molecule has 5 nitrogen and oxygen atoms in total. The van der Waals surface area contributed by atoms with Gasteiger partial charge in [0, 0.05) is 27.5 Å². The average molecular weight is 455 g/mol. The molecule has 0 aliphatic heterocycles. The van der Waals surface area contributed by atoms with Gasteiger partial charge in [-0.05, 0) is 49.4 Å². The molecule has 0 unspecified atom stereocenters. The van der Waals surface area contributed by atoms with Crippen molar-refractivity contribution in [3.63, 3.8) is 0 Å². The maximum absolute atomic E-state index is 13.8. The average Bonchev–Trinajstić information content (AvgIpc) is 3.05. The molecule has 2 N–H and O–H groups in total. The molecular formula is C24H17F4N3O2. The molecule has 1 amide bonds. The van der Waals surface area contributed by atoms with Gasteiger partial charge in [0.05, 0.1) is 23.7 Å². The highest BCUT2D eigenvalue weighted by Gasteiger charge is 2.35. The number of carbonyl (C=O) groups is 1. The topological polar surface area (TPSA) is 78.1 Å². The molecule has 4 rings (SSSR count). The first-order chi connectivity index (χ1) is 15.5. The number of alkyl halides is 3. The van der Waals surface area contributed by atoms with Crippen molar-refractivity contribution in [3.8, 4) is 6.07 Å². The van der Waals surface area contributed by atoms with E-state index in [4.69, 9.17) is 5.26 Å². The van der Waals surface area contributed by atoms with E-state index in [1.54, 1.807) is 28.8 Å². The van der Waals surface area contributed by atoms with Gasteiger partial charge < -0.3 is 15.0 Å². The highest BCUT2D eigenvalue weighted by Crippen LogP contribution is 2.34. The second-order valence-corrected chi connectivity index (χ2v) is 7.86. The quantitative estimate of drug-likeness (QED) is 0.415. The SMILES string of the molecule is C[C@](O)(Cn1c2ccccc2c2cc(F)ccc21)C(=O)Nc1ccc(C#N)c(C(F)(F)F)c1. The number of benzene rings is 3. The van der Waals surface area contributed by atoms with E-state index in [2.05, 4.69) is 5.32 Å². The Morgan fingerprint density at radius 1 is 1.06 bits per heavy atom. The Kier molecular flexibility index (Phi) is 5.34. The fourth-order valence-corrected chi connectivity index (χ4v) is 3.80. The molecule has 0 radical (unpaired) electrons. The van der Waals surface area contributed by atoms with Crippen LogP contribution in [0.1, 0.15) is 18.1 Å². The molecule has 1 atom stereocenters. The molecule has 0 aliphatic carbocycles. The molecule has 3 aromatic carbocycles. The van der Waals surface area contributed by atoms with Gasteiger partial charge in [0.2, 0.25) is 0 Å². The number of rotatable bonds is 4. The second-order valence-electron chi connectivity index (χ2n) is 7.86. The van der Waals surface area contributed by atoms with Crippen molar-refractivity contribution < 1.29 is 27.5 Å². The monoisotopic (exact) mass is 455 g/mol. The van der Waals surface area contributed by atoms with E-state index in [1.807, 2.05) is 0 Å². The lowest BCUT2D eigenvalue weighted by atomic mass is 10.0. The van der Waals surface area contributed by atoms with Gasteiger partial charge in [-0.3, -0.25) is 4.79 Å². The minimum atomic E-state index is -4.79. The number of fused-ring (bicyclic) bond motifs is 3. The highest BCUT2D eigenvalue weighted by molar-refractivity contribution is 6.08. The van der Waals surface area contributed by atoms with Crippen LogP contribution in [0, 0.1) is 17.1 Å². The lowest BCUT2D eigenvalue weighted by molar-refractivity contribution is -0.138. The first-order valence-corrected chi connectivity index (χ1v) is 9.83. The van der Waals surface area contributed by atoms with Crippen LogP contribution in [-0.2, 0) is 17.5 Å². The van der Waals surface area contributed by atoms with Gasteiger partial charge in [-0.2, -0.15) is 18.4 Å². The van der Waals surface area contributed by atoms with Crippen LogP contribution < -0.4 is 5.32 Å². The number of para-hydroxylation sites is 1. The number of carbonyl (C=O) groups excluding carboxylic acids is 1. The van der Waals surface area contributed by atoms with E-state index in [9.17, 15) is 27.5 Å². The Morgan fingerprint density at radius 3 is 2.45 bits per heavy atom. The molecule has 9 heteroatoms. The first-order valence-electron chi connectivity index (χ1n) is 9.83. The summed E-state index contributed by atoms with van der Waals surface area (Å²) < 4.78 is 55.1. The van der Waals surface area contributed by atoms with Gasteiger partial charge in [0.1, 0.15) is 5.82 Å². The van der Waals surface area contributed by atoms with Gasteiger partial charge in [0.15, 0.2) is 5.60 Å². The molecule has 0 saturated carbocycles. The Morgan fingerprint density at radius 2 is 1.76 bits per heavy atom. The highest BCUT2D eigenvalue weighted by atomic mass is 19.4. The molecule has 0 spiro atoms. The minimum absolute atomic E-state index is 0.212. The summed E-state index contributed by atoms with van der Waals surface area (Å²) in [5.41, 5.74) is -2.77. The summed E-state index contributed by atoms with van der Waals surface area (Å²) in [6.07, 6.45) is -4.79. The predicted octanol–water partition coefficient (Wildman–Crippen LogP) is 5.21. The van der Waals surface area contributed by atoms with Crippen LogP contribution in [0.4, 0.5) is 23.2 Å². The molecule has 0 saturated heterocycles. The Hall–Kier alpha value is -3.90. The molecule has 0 fully saturated rings. The van der Waals surface area contributed by atoms with E-state index in [1.165, 1.54) is 31.2 Å². The van der Waals surface area contributed by atoms with Gasteiger partial charge in [-0.15, -0.1) is 0 Å². The van der Waals surface area contributed by atoms with Crippen LogP contribution in [0.5, 0.6) is 0 Å². The van der Waals surface area contributed by atoms with Crippen molar-refractivity contribution in [1.82, 2.24) is 4.57 Å². The smallest absolute Gasteiger partial charge is 0.378 e. The maximum atomic E-state index is 13.8. The van der Waals surface area contributed by atoms with E-state index in [0.29, 0.717) is 22.5 Å². The van der Waals surface area contributed by atoms with Crippen molar-refractivity contribution in [2.45, 2.75) is 25.2 Å². The normalized spacial score (nSPS) is 13.6. The first kappa shape index (κ1) is 22.3. The molecule has 168 valence electrons. The predicted molar refractivity (Wildman–Crippen MR) is 115 cm³/mol. The summed E-state index contributed by atoms with van der Waals surface area (Å²) >= 11 is 0. The van der Waals surface area contributed by atoms with Crippen molar-refractivity contribution in [3.05, 3.63) is 77.6 Å². The van der Waals surface area contributed by atoms with E-state index in [0.717, 1.165) is 17.5 Å². The molecular weight excluding hydrogens is 438 g/mol. The number of nitrogens with zero attached hydrogens (tertiary/aromatic N) is 2. The van der Waals surface area contributed by atoms with Crippen LogP contribution in [0.15, 0.2) is 60.7 Å². The van der Waals surface area contributed by atoms with Crippen molar-refractivity contribution in [2.24, 2.45) is 0 Å². The van der Waals surface area contributed by atoms with E-state index in [-0.39, 0.29) is 12.2 Å². The van der Waals surface area contributed by atoms with Gasteiger partial charge in [-0.1, -0.05) is 18.2 Å². The number of aliphatic hydroxyl groups is 1. The number of hydrogen-bond donors (Lipinski definition) is 2. The largest absolute Gasteiger partial charge is 0.417 e. The number of halogens is 4. The standard InChI is InChI=1S/C24H17F4N3O2/c1-23(33,22(32)30-16-8-6-14(12-29)19(11-16)24(26,27)28)13-31-20-5-3-2-4-17(20)18-10-15(25)7-9-21(18)31/h2-11,33H,13H2,1H3,(H,30,32)/t23-/m0/s1. The molecule has 1 heterocycles. The lowest BCUT2D eigenvalue weighted by Crippen LogP contribution is -2.43. The van der Waals surface area contributed by atoms with Crippen LogP contribution in [0.3, 0.4) is 0 Å². The van der Waals surface area contributed by atoms with E-state index >= 15 is 0 Å². The fraction of sp³-hybridized carbons (Fsp3) is 0.167. The molecule has 33 heavy (non-hydrogen) atoms. The summed E-state index contributed by atoms with van der Waals surface area (Å²) in [6.45, 7) is 0.998. The second kappa shape index (κ2) is 7.90. The number of nitriles is 1. The van der Waals surface area contributed by atoms with E-state index < -0.39 is 34.6 Å². The number of nitrogens with one attached hydrogen (secondary N) is 1. The van der Waals surface area contributed by atoms with Crippen molar-refractivity contribution in [1.29, 1.82) is 5.26 Å². The molecule has 0 aliphatic rings. The summed E-state index contributed by atoms with van der Waals surface area (Å²) in [6, 6.07) is 15.5. The summed E-state index contributed by atoms with van der Waals surface area (Å²) in [4.78, 5) is 12.8. The third-order valence-corrected chi connectivity index (χ3v) is 5.39.